The molecule has 0 spiro atoms. The van der Waals surface area contributed by atoms with Gasteiger partial charge in [0.2, 0.25) is 0 Å². The molecule has 120 valence electrons. The molecular formula is C20H23NO2. The lowest BCUT2D eigenvalue weighted by molar-refractivity contribution is 0.0697. The highest BCUT2D eigenvalue weighted by molar-refractivity contribution is 5.87. The number of carboxylic acid groups (broad SMARTS) is 1. The summed E-state index contributed by atoms with van der Waals surface area (Å²) in [6, 6.07) is 11.5. The summed E-state index contributed by atoms with van der Waals surface area (Å²) in [4.78, 5) is 15.1. The van der Waals surface area contributed by atoms with E-state index in [9.17, 15) is 4.79 Å². The lowest BCUT2D eigenvalue weighted by Crippen LogP contribution is -2.08. The van der Waals surface area contributed by atoms with Gasteiger partial charge in [-0.15, -0.1) is 0 Å². The lowest BCUT2D eigenvalue weighted by atomic mass is 9.86. The van der Waals surface area contributed by atoms with Gasteiger partial charge in [-0.25, -0.2) is 4.79 Å². The Morgan fingerprint density at radius 1 is 1.26 bits per heavy atom. The molecule has 3 nitrogen and oxygen atoms in total. The van der Waals surface area contributed by atoms with Gasteiger partial charge in [0.25, 0.3) is 0 Å². The maximum atomic E-state index is 10.9. The molecule has 1 saturated carbocycles. The summed E-state index contributed by atoms with van der Waals surface area (Å²) in [7, 11) is 0. The van der Waals surface area contributed by atoms with Crippen LogP contribution < -0.4 is 0 Å². The largest absolute Gasteiger partial charge is 0.478 e. The van der Waals surface area contributed by atoms with Gasteiger partial charge in [0, 0.05) is 12.4 Å². The Balaban J connectivity index is 1.58. The van der Waals surface area contributed by atoms with Crippen LogP contribution in [0.2, 0.25) is 0 Å². The maximum Gasteiger partial charge on any atom is 0.335 e. The topological polar surface area (TPSA) is 50.2 Å². The first-order chi connectivity index (χ1) is 11.1. The summed E-state index contributed by atoms with van der Waals surface area (Å²) < 4.78 is 0. The molecule has 0 amide bonds. The number of aromatic nitrogens is 1. The molecule has 1 heterocycles. The van der Waals surface area contributed by atoms with Crippen LogP contribution in [0, 0.1) is 11.8 Å². The molecule has 0 aliphatic heterocycles. The molecule has 1 aliphatic rings. The van der Waals surface area contributed by atoms with Gasteiger partial charge in [0.05, 0.1) is 5.56 Å². The van der Waals surface area contributed by atoms with Crippen molar-refractivity contribution in [3.63, 3.8) is 0 Å². The van der Waals surface area contributed by atoms with Gasteiger partial charge in [0.1, 0.15) is 0 Å². The van der Waals surface area contributed by atoms with Gasteiger partial charge in [-0.1, -0.05) is 25.1 Å². The summed E-state index contributed by atoms with van der Waals surface area (Å²) in [5, 5.41) is 8.96. The molecule has 23 heavy (non-hydrogen) atoms. The average Bonchev–Trinajstić information content (AvgIpc) is 3.04. The van der Waals surface area contributed by atoms with E-state index in [4.69, 9.17) is 5.11 Å². The second-order valence-electron chi connectivity index (χ2n) is 6.72. The predicted octanol–water partition coefficient (Wildman–Crippen LogP) is 4.54. The number of nitrogens with zero attached hydrogens (tertiary/aromatic N) is 1. The van der Waals surface area contributed by atoms with E-state index >= 15 is 0 Å². The molecule has 0 saturated heterocycles. The van der Waals surface area contributed by atoms with Crippen LogP contribution >= 0.6 is 0 Å². The van der Waals surface area contributed by atoms with E-state index < -0.39 is 5.97 Å². The Morgan fingerprint density at radius 2 is 2.04 bits per heavy atom. The monoisotopic (exact) mass is 309 g/mol. The summed E-state index contributed by atoms with van der Waals surface area (Å²) in [5.41, 5.74) is 2.95. The van der Waals surface area contributed by atoms with Crippen molar-refractivity contribution in [2.45, 2.75) is 38.5 Å². The zero-order valence-electron chi connectivity index (χ0n) is 13.5. The molecule has 3 atom stereocenters. The summed E-state index contributed by atoms with van der Waals surface area (Å²) in [6.45, 7) is 2.31. The first-order valence-corrected chi connectivity index (χ1v) is 8.35. The third-order valence-corrected chi connectivity index (χ3v) is 5.22. The third-order valence-electron chi connectivity index (χ3n) is 5.22. The van der Waals surface area contributed by atoms with Crippen LogP contribution in [0.1, 0.15) is 53.6 Å². The van der Waals surface area contributed by atoms with Gasteiger partial charge in [-0.05, 0) is 72.8 Å². The summed E-state index contributed by atoms with van der Waals surface area (Å²) >= 11 is 0. The standard InChI is InChI=1S/C20H23NO2/c1-14(19-3-2-10-21-13-19)18-9-6-16(12-18)11-15-4-7-17(8-5-15)20(22)23/h2-5,7-8,10,13-14,16,18H,6,9,11-12H2,1H3,(H,22,23)/t14-,16?,18-/m0/s1. The molecule has 0 bridgehead atoms. The van der Waals surface area contributed by atoms with E-state index in [2.05, 4.69) is 18.0 Å². The van der Waals surface area contributed by atoms with Crippen molar-refractivity contribution in [2.75, 3.05) is 0 Å². The smallest absolute Gasteiger partial charge is 0.335 e. The second-order valence-corrected chi connectivity index (χ2v) is 6.72. The van der Waals surface area contributed by atoms with Crippen LogP contribution in [0.25, 0.3) is 0 Å². The van der Waals surface area contributed by atoms with E-state index in [1.807, 2.05) is 30.6 Å². The fourth-order valence-corrected chi connectivity index (χ4v) is 3.79. The van der Waals surface area contributed by atoms with Crippen LogP contribution in [0.4, 0.5) is 0 Å². The highest BCUT2D eigenvalue weighted by Crippen LogP contribution is 2.41. The zero-order chi connectivity index (χ0) is 16.2. The molecule has 1 N–H and O–H groups in total. The van der Waals surface area contributed by atoms with Gasteiger partial charge in [-0.3, -0.25) is 4.98 Å². The molecule has 3 rings (SSSR count). The van der Waals surface area contributed by atoms with Crippen LogP contribution in [0.3, 0.4) is 0 Å². The molecule has 1 aliphatic carbocycles. The molecule has 1 fully saturated rings. The van der Waals surface area contributed by atoms with Crippen molar-refractivity contribution in [1.29, 1.82) is 0 Å². The maximum absolute atomic E-state index is 10.9. The number of rotatable bonds is 5. The highest BCUT2D eigenvalue weighted by atomic mass is 16.4. The third kappa shape index (κ3) is 3.79. The van der Waals surface area contributed by atoms with Crippen LogP contribution in [-0.4, -0.2) is 16.1 Å². The number of benzene rings is 1. The minimum atomic E-state index is -0.859. The fraction of sp³-hybridized carbons (Fsp3) is 0.400. The number of hydrogen-bond donors (Lipinski definition) is 1. The van der Waals surface area contributed by atoms with Crippen LogP contribution in [-0.2, 0) is 6.42 Å². The summed E-state index contributed by atoms with van der Waals surface area (Å²) in [5.74, 6) is 1.13. The van der Waals surface area contributed by atoms with Gasteiger partial charge >= 0.3 is 5.97 Å². The first kappa shape index (κ1) is 15.7. The van der Waals surface area contributed by atoms with Crippen molar-refractivity contribution in [3.05, 3.63) is 65.5 Å². The van der Waals surface area contributed by atoms with E-state index in [0.29, 0.717) is 17.4 Å². The predicted molar refractivity (Wildman–Crippen MR) is 90.6 cm³/mol. The molecule has 1 aromatic heterocycles. The van der Waals surface area contributed by atoms with Gasteiger partial charge < -0.3 is 5.11 Å². The van der Waals surface area contributed by atoms with Crippen molar-refractivity contribution in [3.8, 4) is 0 Å². The second kappa shape index (κ2) is 6.95. The molecular weight excluding hydrogens is 286 g/mol. The summed E-state index contributed by atoms with van der Waals surface area (Å²) in [6.07, 6.45) is 8.65. The van der Waals surface area contributed by atoms with E-state index in [0.717, 1.165) is 12.3 Å². The number of carbonyl (C=O) groups is 1. The van der Waals surface area contributed by atoms with E-state index in [-0.39, 0.29) is 0 Å². The Hall–Kier alpha value is -2.16. The minimum absolute atomic E-state index is 0.364. The Labute approximate surface area is 137 Å². The van der Waals surface area contributed by atoms with Crippen LogP contribution in [0.15, 0.2) is 48.8 Å². The quantitative estimate of drug-likeness (QED) is 0.882. The normalized spacial score (nSPS) is 22.0. The number of hydrogen-bond acceptors (Lipinski definition) is 2. The van der Waals surface area contributed by atoms with Crippen LogP contribution in [0.5, 0.6) is 0 Å². The molecule has 0 radical (unpaired) electrons. The zero-order valence-corrected chi connectivity index (χ0v) is 13.5. The number of aromatic carboxylic acids is 1. The van der Waals surface area contributed by atoms with Crippen molar-refractivity contribution < 1.29 is 9.90 Å². The number of carboxylic acids is 1. The van der Waals surface area contributed by atoms with Crippen molar-refractivity contribution in [1.82, 2.24) is 4.98 Å². The number of pyridine rings is 1. The Kier molecular flexibility index (Phi) is 4.75. The average molecular weight is 309 g/mol. The SMILES string of the molecule is C[C@H](c1cccnc1)[C@H]1CCC(Cc2ccc(C(=O)O)cc2)C1. The van der Waals surface area contributed by atoms with E-state index in [1.165, 1.54) is 30.4 Å². The van der Waals surface area contributed by atoms with Crippen molar-refractivity contribution >= 4 is 5.97 Å². The van der Waals surface area contributed by atoms with Gasteiger partial charge in [0.15, 0.2) is 0 Å². The van der Waals surface area contributed by atoms with Gasteiger partial charge in [-0.2, -0.15) is 0 Å². The highest BCUT2D eigenvalue weighted by Gasteiger charge is 2.29. The minimum Gasteiger partial charge on any atom is -0.478 e. The van der Waals surface area contributed by atoms with E-state index in [1.54, 1.807) is 12.1 Å². The van der Waals surface area contributed by atoms with Crippen molar-refractivity contribution in [2.24, 2.45) is 11.8 Å². The molecule has 1 unspecified atom stereocenters. The Morgan fingerprint density at radius 3 is 2.70 bits per heavy atom. The molecule has 1 aromatic carbocycles. The molecule has 3 heteroatoms. The Bertz CT molecular complexity index is 651. The lowest BCUT2D eigenvalue weighted by Gasteiger charge is -2.19. The first-order valence-electron chi connectivity index (χ1n) is 8.35. The fourth-order valence-electron chi connectivity index (χ4n) is 3.79. The molecule has 2 aromatic rings.